The molecular formula is C67H36BF24NO2. The van der Waals surface area contributed by atoms with E-state index in [4.69, 9.17) is 4.74 Å². The number of hydrogen-bond acceptors (Lipinski definition) is 2. The Morgan fingerprint density at radius 3 is 0.979 bits per heavy atom. The lowest BCUT2D eigenvalue weighted by Crippen LogP contribution is -2.75. The van der Waals surface area contributed by atoms with Gasteiger partial charge in [0.2, 0.25) is 12.3 Å². The Morgan fingerprint density at radius 2 is 0.611 bits per heavy atom. The summed E-state index contributed by atoms with van der Waals surface area (Å²) < 4.78 is 350. The number of hydrogen-bond donors (Lipinski definition) is 0. The van der Waals surface area contributed by atoms with Gasteiger partial charge in [0.25, 0.3) is 0 Å². The molecule has 0 aliphatic rings. The standard InChI is InChI=1S/C35H24NO2.C32H12BF24/c37-33(25-11-2-1-3-12-25)23-36-19-18-24-10-6-9-17-31(24)35(36)38-34-30-16-8-7-15-28(30)21-29-20-26-13-4-5-14-27(26)22-32(29)34;34-25(35,36)13-1-14(26(37,38)39)6-21(5-13)33(22-7-15(27(40,41)42)2-16(8-22)28(43,44)45,23-9-17(29(46,47)48)3-18(10-23)30(49,50)51)24-11-19(31(52,53)54)4-20(12-24)32(55,56)57/h1-22H,23H2;1-12H/q+1;-1. The third kappa shape index (κ3) is 14.2. The molecule has 0 spiro atoms. The number of nitrogens with zero attached hydrogens (tertiary/aromatic N) is 1. The Kier molecular flexibility index (Phi) is 17.4. The van der Waals surface area contributed by atoms with E-state index in [-0.39, 0.29) is 12.3 Å². The Bertz CT molecular complexity index is 4310. The third-order valence-corrected chi connectivity index (χ3v) is 15.6. The van der Waals surface area contributed by atoms with E-state index in [1.165, 1.54) is 5.39 Å². The number of ketones is 1. The van der Waals surface area contributed by atoms with Crippen molar-refractivity contribution in [3.63, 3.8) is 0 Å². The zero-order valence-electron chi connectivity index (χ0n) is 47.2. The van der Waals surface area contributed by atoms with E-state index in [2.05, 4.69) is 72.8 Å². The van der Waals surface area contributed by atoms with Crippen LogP contribution in [-0.4, -0.2) is 11.9 Å². The summed E-state index contributed by atoms with van der Waals surface area (Å²) in [6.07, 6.45) is -52.9. The Balaban J connectivity index is 0.000000222. The smallest absolute Gasteiger partial charge is 0.403 e. The maximum Gasteiger partial charge on any atom is 0.416 e. The van der Waals surface area contributed by atoms with Crippen LogP contribution in [0.3, 0.4) is 0 Å². The first-order valence-corrected chi connectivity index (χ1v) is 27.4. The molecule has 0 aliphatic heterocycles. The van der Waals surface area contributed by atoms with E-state index >= 15 is 0 Å². The first-order chi connectivity index (χ1) is 44.0. The van der Waals surface area contributed by atoms with Crippen LogP contribution in [-0.2, 0) is 56.0 Å². The van der Waals surface area contributed by atoms with Crippen LogP contribution in [0.1, 0.15) is 54.9 Å². The quantitative estimate of drug-likeness (QED) is 0.0474. The SMILES string of the molecule is FC(F)(F)c1cc([B-](c2cc(C(F)(F)F)cc(C(F)(F)F)c2)(c2cc(C(F)(F)F)cc(C(F)(F)F)c2)c2cc(C(F)(F)F)cc(C(F)(F)F)c2)cc(C(F)(F)F)c1.O=C(C[n+]1ccc2ccccc2c1Oc1c2ccccc2cc2cc3ccccc3cc12)c1ccccc1. The largest absolute Gasteiger partial charge is 0.416 e. The van der Waals surface area contributed by atoms with Gasteiger partial charge in [-0.25, -0.2) is 0 Å². The van der Waals surface area contributed by atoms with Crippen LogP contribution in [0.15, 0.2) is 206 Å². The van der Waals surface area contributed by atoms with E-state index < -0.39 is 195 Å². The molecule has 0 saturated carbocycles. The summed E-state index contributed by atoms with van der Waals surface area (Å²) in [7, 11) is 0. The number of rotatable bonds is 9. The maximum absolute atomic E-state index is 14.2. The molecule has 10 aromatic carbocycles. The molecule has 0 bridgehead atoms. The first kappa shape index (κ1) is 68.1. The number of carbonyl (C=O) groups excluding carboxylic acids is 1. The van der Waals surface area contributed by atoms with Gasteiger partial charge in [0, 0.05) is 22.4 Å². The van der Waals surface area contributed by atoms with Crippen molar-refractivity contribution in [1.82, 2.24) is 0 Å². The summed E-state index contributed by atoms with van der Waals surface area (Å²) in [6, 6.07) is 34.1. The minimum atomic E-state index is -6.13. The van der Waals surface area contributed by atoms with Crippen LogP contribution >= 0.6 is 0 Å². The van der Waals surface area contributed by atoms with Crippen molar-refractivity contribution in [2.75, 3.05) is 0 Å². The molecule has 0 amide bonds. The highest BCUT2D eigenvalue weighted by Gasteiger charge is 2.47. The number of halogens is 24. The van der Waals surface area contributed by atoms with Crippen LogP contribution in [0.5, 0.6) is 11.6 Å². The molecule has 0 aliphatic carbocycles. The fraction of sp³-hybridized carbons (Fsp3) is 0.134. The Hall–Kier alpha value is -9.76. The minimum absolute atomic E-state index is 0.0319. The third-order valence-electron chi connectivity index (χ3n) is 15.6. The number of benzene rings is 10. The molecule has 3 nitrogen and oxygen atoms in total. The van der Waals surface area contributed by atoms with Crippen LogP contribution in [0, 0.1) is 0 Å². The van der Waals surface area contributed by atoms with Gasteiger partial charge < -0.3 is 4.74 Å². The lowest BCUT2D eigenvalue weighted by Gasteiger charge is -2.46. The number of ether oxygens (including phenoxy) is 1. The zero-order valence-corrected chi connectivity index (χ0v) is 47.2. The van der Waals surface area contributed by atoms with Crippen molar-refractivity contribution >= 4 is 76.9 Å². The number of aromatic nitrogens is 1. The van der Waals surface area contributed by atoms with Crippen molar-refractivity contribution in [2.24, 2.45) is 0 Å². The highest BCUT2D eigenvalue weighted by Crippen LogP contribution is 2.44. The van der Waals surface area contributed by atoms with Crippen LogP contribution in [0.4, 0.5) is 105 Å². The number of fused-ring (bicyclic) bond motifs is 4. The predicted octanol–water partition coefficient (Wildman–Crippen LogP) is 19.5. The molecular weight excluding hydrogens is 1320 g/mol. The predicted molar refractivity (Wildman–Crippen MR) is 304 cm³/mol. The average molecular weight is 1350 g/mol. The molecule has 0 atom stereocenters. The fourth-order valence-electron chi connectivity index (χ4n) is 11.3. The lowest BCUT2D eigenvalue weighted by molar-refractivity contribution is -0.685. The van der Waals surface area contributed by atoms with Crippen molar-refractivity contribution in [1.29, 1.82) is 0 Å². The van der Waals surface area contributed by atoms with Gasteiger partial charge >= 0.3 is 55.3 Å². The molecule has 28 heteroatoms. The van der Waals surface area contributed by atoms with Gasteiger partial charge in [-0.3, -0.25) is 4.79 Å². The van der Waals surface area contributed by atoms with Crippen molar-refractivity contribution in [3.8, 4) is 11.6 Å². The number of Topliss-reactive ketones (excluding diaryl/α,β-unsaturated/α-hetero) is 1. The highest BCUT2D eigenvalue weighted by molar-refractivity contribution is 7.20. The molecule has 1 aromatic heterocycles. The summed E-state index contributed by atoms with van der Waals surface area (Å²) in [5.41, 5.74) is -29.5. The van der Waals surface area contributed by atoms with Gasteiger partial charge in [-0.05, 0) is 75.5 Å². The molecule has 0 N–H and O–H groups in total. The van der Waals surface area contributed by atoms with Gasteiger partial charge in [-0.1, -0.05) is 146 Å². The van der Waals surface area contributed by atoms with E-state index in [0.717, 1.165) is 43.5 Å². The van der Waals surface area contributed by atoms with E-state index in [1.807, 2.05) is 65.4 Å². The summed E-state index contributed by atoms with van der Waals surface area (Å²) in [6.45, 7) is 0.176. The Labute approximate surface area is 518 Å². The van der Waals surface area contributed by atoms with Gasteiger partial charge in [-0.15, -0.1) is 0 Å². The summed E-state index contributed by atoms with van der Waals surface area (Å²) in [4.78, 5) is 13.2. The van der Waals surface area contributed by atoms with E-state index in [9.17, 15) is 110 Å². The second kappa shape index (κ2) is 24.2. The minimum Gasteiger partial charge on any atom is -0.403 e. The number of carbonyl (C=O) groups is 1. The monoisotopic (exact) mass is 1350 g/mol. The number of alkyl halides is 24. The number of pyridine rings is 1. The van der Waals surface area contributed by atoms with Crippen molar-refractivity contribution < 1.29 is 119 Å². The molecule has 0 fully saturated rings. The molecule has 11 rings (SSSR count). The lowest BCUT2D eigenvalue weighted by atomic mass is 9.12. The average Bonchev–Trinajstić information content (AvgIpc) is 0.712. The molecule has 492 valence electrons. The molecule has 0 unspecified atom stereocenters. The Morgan fingerprint density at radius 1 is 0.305 bits per heavy atom. The van der Waals surface area contributed by atoms with Crippen LogP contribution in [0.25, 0.3) is 43.1 Å². The van der Waals surface area contributed by atoms with Crippen molar-refractivity contribution in [2.45, 2.75) is 56.0 Å². The second-order valence-electron chi connectivity index (χ2n) is 21.8. The van der Waals surface area contributed by atoms with Gasteiger partial charge in [0.1, 0.15) is 11.9 Å². The molecule has 95 heavy (non-hydrogen) atoms. The summed E-state index contributed by atoms with van der Waals surface area (Å²) in [5, 5.41) is 8.65. The van der Waals surface area contributed by atoms with Crippen LogP contribution < -0.4 is 31.2 Å². The van der Waals surface area contributed by atoms with Gasteiger partial charge in [0.05, 0.1) is 49.9 Å². The maximum atomic E-state index is 14.2. The molecule has 11 aromatic rings. The zero-order chi connectivity index (χ0) is 69.4. The molecule has 1 heterocycles. The molecule has 0 saturated heterocycles. The first-order valence-electron chi connectivity index (χ1n) is 27.4. The van der Waals surface area contributed by atoms with Crippen LogP contribution in [0.2, 0.25) is 0 Å². The van der Waals surface area contributed by atoms with Gasteiger partial charge in [0.15, 0.2) is 6.20 Å². The van der Waals surface area contributed by atoms with E-state index in [1.54, 1.807) is 0 Å². The topological polar surface area (TPSA) is 30.2 Å². The normalized spacial score (nSPS) is 13.1. The second-order valence-corrected chi connectivity index (χ2v) is 21.8. The summed E-state index contributed by atoms with van der Waals surface area (Å²) in [5.74, 6) is 1.48. The van der Waals surface area contributed by atoms with E-state index in [0.29, 0.717) is 11.4 Å². The molecule has 0 radical (unpaired) electrons. The highest BCUT2D eigenvalue weighted by atomic mass is 19.4. The summed E-state index contributed by atoms with van der Waals surface area (Å²) >= 11 is 0. The van der Waals surface area contributed by atoms with Gasteiger partial charge in [-0.2, -0.15) is 132 Å². The van der Waals surface area contributed by atoms with Crippen molar-refractivity contribution in [3.05, 3.63) is 256 Å². The fourth-order valence-corrected chi connectivity index (χ4v) is 11.3.